The Morgan fingerprint density at radius 2 is 2.13 bits per heavy atom. The van der Waals surface area contributed by atoms with E-state index < -0.39 is 0 Å². The van der Waals surface area contributed by atoms with Crippen molar-refractivity contribution in [2.24, 2.45) is 23.5 Å². The van der Waals surface area contributed by atoms with Crippen LogP contribution in [0.4, 0.5) is 0 Å². The summed E-state index contributed by atoms with van der Waals surface area (Å²) in [5.74, 6) is 1.22. The zero-order valence-corrected chi connectivity index (χ0v) is 8.98. The maximum absolute atomic E-state index is 11.8. The molecule has 0 aromatic heterocycles. The second-order valence-electron chi connectivity index (χ2n) is 4.80. The number of rotatable bonds is 4. The van der Waals surface area contributed by atoms with Gasteiger partial charge in [0.05, 0.1) is 5.92 Å². The zero-order chi connectivity index (χ0) is 10.8. The Hall–Kier alpha value is -0.610. The molecule has 15 heavy (non-hydrogen) atoms. The fourth-order valence-electron chi connectivity index (χ4n) is 3.13. The number of carbonyl (C=O) groups excluding carboxylic acids is 1. The summed E-state index contributed by atoms with van der Waals surface area (Å²) in [6.07, 6.45) is 4.13. The first-order chi connectivity index (χ1) is 7.24. The summed E-state index contributed by atoms with van der Waals surface area (Å²) in [7, 11) is 0. The first-order valence-electron chi connectivity index (χ1n) is 5.88. The summed E-state index contributed by atoms with van der Waals surface area (Å²) < 4.78 is 0. The van der Waals surface area contributed by atoms with Crippen molar-refractivity contribution in [3.8, 4) is 0 Å². The summed E-state index contributed by atoms with van der Waals surface area (Å²) in [6, 6.07) is 0.0675. The largest absolute Gasteiger partial charge is 0.396 e. The third-order valence-corrected chi connectivity index (χ3v) is 3.92. The number of aliphatic hydroxyl groups excluding tert-OH is 1. The second-order valence-corrected chi connectivity index (χ2v) is 4.80. The second kappa shape index (κ2) is 4.49. The molecule has 0 saturated heterocycles. The SMILES string of the molecule is NC1C2CCC(C2)C1C(=O)NCCCO. The molecule has 0 heterocycles. The predicted octanol–water partition coefficient (Wildman–Crippen LogP) is -0.142. The molecule has 2 aliphatic rings. The zero-order valence-electron chi connectivity index (χ0n) is 8.98. The summed E-state index contributed by atoms with van der Waals surface area (Å²) in [5.41, 5.74) is 6.06. The van der Waals surface area contributed by atoms with Crippen LogP contribution in [-0.4, -0.2) is 30.2 Å². The molecule has 2 bridgehead atoms. The number of nitrogens with one attached hydrogen (secondary N) is 1. The Morgan fingerprint density at radius 3 is 2.73 bits per heavy atom. The predicted molar refractivity (Wildman–Crippen MR) is 57.0 cm³/mol. The van der Waals surface area contributed by atoms with Crippen molar-refractivity contribution >= 4 is 5.91 Å². The van der Waals surface area contributed by atoms with Crippen LogP contribution in [0.2, 0.25) is 0 Å². The molecule has 86 valence electrons. The molecule has 0 spiro atoms. The third-order valence-electron chi connectivity index (χ3n) is 3.92. The van der Waals surface area contributed by atoms with Gasteiger partial charge in [-0.2, -0.15) is 0 Å². The summed E-state index contributed by atoms with van der Waals surface area (Å²) >= 11 is 0. The van der Waals surface area contributed by atoms with E-state index >= 15 is 0 Å². The van der Waals surface area contributed by atoms with Crippen molar-refractivity contribution in [3.63, 3.8) is 0 Å². The Bertz CT molecular complexity index is 243. The van der Waals surface area contributed by atoms with Gasteiger partial charge in [0, 0.05) is 19.2 Å². The number of hydrogen-bond acceptors (Lipinski definition) is 3. The van der Waals surface area contributed by atoms with Crippen LogP contribution in [0.15, 0.2) is 0 Å². The van der Waals surface area contributed by atoms with E-state index in [1.165, 1.54) is 6.42 Å². The van der Waals surface area contributed by atoms with Gasteiger partial charge in [-0.1, -0.05) is 0 Å². The minimum absolute atomic E-state index is 0.0300. The van der Waals surface area contributed by atoms with Crippen LogP contribution in [0.1, 0.15) is 25.7 Å². The van der Waals surface area contributed by atoms with E-state index in [1.54, 1.807) is 0 Å². The van der Waals surface area contributed by atoms with Gasteiger partial charge in [0.25, 0.3) is 0 Å². The molecule has 4 N–H and O–H groups in total. The number of carbonyl (C=O) groups is 1. The minimum atomic E-state index is 0.0300. The normalized spacial score (nSPS) is 38.3. The third kappa shape index (κ3) is 2.01. The molecule has 0 aliphatic heterocycles. The standard InChI is InChI=1S/C11H20N2O2/c12-10-8-3-2-7(6-8)9(10)11(15)13-4-1-5-14/h7-10,14H,1-6,12H2,(H,13,15). The van der Waals surface area contributed by atoms with Crippen molar-refractivity contribution in [1.29, 1.82) is 0 Å². The van der Waals surface area contributed by atoms with Crippen molar-refractivity contribution < 1.29 is 9.90 Å². The van der Waals surface area contributed by atoms with Gasteiger partial charge in [0.2, 0.25) is 5.91 Å². The van der Waals surface area contributed by atoms with Crippen LogP contribution >= 0.6 is 0 Å². The number of hydrogen-bond donors (Lipinski definition) is 3. The first-order valence-corrected chi connectivity index (χ1v) is 5.88. The monoisotopic (exact) mass is 212 g/mol. The number of fused-ring (bicyclic) bond motifs is 2. The lowest BCUT2D eigenvalue weighted by Crippen LogP contribution is -2.45. The number of amides is 1. The highest BCUT2D eigenvalue weighted by Gasteiger charge is 2.48. The number of nitrogens with two attached hydrogens (primary N) is 1. The van der Waals surface area contributed by atoms with Crippen LogP contribution in [0.3, 0.4) is 0 Å². The molecule has 2 fully saturated rings. The molecule has 1 amide bonds. The highest BCUT2D eigenvalue weighted by atomic mass is 16.3. The van der Waals surface area contributed by atoms with E-state index in [-0.39, 0.29) is 24.5 Å². The van der Waals surface area contributed by atoms with E-state index in [0.29, 0.717) is 24.8 Å². The van der Waals surface area contributed by atoms with Gasteiger partial charge >= 0.3 is 0 Å². The molecule has 2 rings (SSSR count). The molecular formula is C11H20N2O2. The summed E-state index contributed by atoms with van der Waals surface area (Å²) in [5, 5.41) is 11.5. The van der Waals surface area contributed by atoms with Gasteiger partial charge in [0.1, 0.15) is 0 Å². The average molecular weight is 212 g/mol. The maximum atomic E-state index is 11.8. The molecule has 0 radical (unpaired) electrons. The minimum Gasteiger partial charge on any atom is -0.396 e. The van der Waals surface area contributed by atoms with Crippen molar-refractivity contribution in [1.82, 2.24) is 5.32 Å². The van der Waals surface area contributed by atoms with Crippen LogP contribution in [-0.2, 0) is 4.79 Å². The smallest absolute Gasteiger partial charge is 0.224 e. The molecule has 0 aromatic carbocycles. The molecule has 2 saturated carbocycles. The summed E-state index contributed by atoms with van der Waals surface area (Å²) in [6.45, 7) is 0.693. The van der Waals surface area contributed by atoms with Crippen LogP contribution in [0.25, 0.3) is 0 Å². The lowest BCUT2D eigenvalue weighted by Gasteiger charge is -2.26. The fraction of sp³-hybridized carbons (Fsp3) is 0.909. The van der Waals surface area contributed by atoms with E-state index in [9.17, 15) is 4.79 Å². The van der Waals surface area contributed by atoms with E-state index in [0.717, 1.165) is 12.8 Å². The Morgan fingerprint density at radius 1 is 1.40 bits per heavy atom. The van der Waals surface area contributed by atoms with Crippen LogP contribution in [0, 0.1) is 17.8 Å². The first kappa shape index (κ1) is 10.9. The Kier molecular flexibility index (Phi) is 3.26. The topological polar surface area (TPSA) is 75.4 Å². The van der Waals surface area contributed by atoms with E-state index in [2.05, 4.69) is 5.32 Å². The molecule has 4 unspecified atom stereocenters. The van der Waals surface area contributed by atoms with Crippen LogP contribution in [0.5, 0.6) is 0 Å². The maximum Gasteiger partial charge on any atom is 0.224 e. The fourth-order valence-corrected chi connectivity index (χ4v) is 3.13. The lowest BCUT2D eigenvalue weighted by molar-refractivity contribution is -0.127. The molecule has 4 heteroatoms. The molecule has 0 aromatic rings. The molecule has 2 aliphatic carbocycles. The summed E-state index contributed by atoms with van der Waals surface area (Å²) in [4.78, 5) is 11.8. The van der Waals surface area contributed by atoms with Gasteiger partial charge in [0.15, 0.2) is 0 Å². The average Bonchev–Trinajstić information content (AvgIpc) is 2.78. The highest BCUT2D eigenvalue weighted by molar-refractivity contribution is 5.80. The van der Waals surface area contributed by atoms with Gasteiger partial charge in [-0.25, -0.2) is 0 Å². The number of aliphatic hydroxyl groups is 1. The molecule has 4 atom stereocenters. The van der Waals surface area contributed by atoms with Crippen LogP contribution < -0.4 is 11.1 Å². The van der Waals surface area contributed by atoms with Gasteiger partial charge < -0.3 is 16.2 Å². The van der Waals surface area contributed by atoms with Gasteiger partial charge in [-0.05, 0) is 37.5 Å². The quantitative estimate of drug-likeness (QED) is 0.568. The van der Waals surface area contributed by atoms with Crippen molar-refractivity contribution in [2.45, 2.75) is 31.7 Å². The van der Waals surface area contributed by atoms with E-state index in [4.69, 9.17) is 10.8 Å². The van der Waals surface area contributed by atoms with Gasteiger partial charge in [-0.15, -0.1) is 0 Å². The Balaban J connectivity index is 1.85. The molecule has 4 nitrogen and oxygen atoms in total. The highest BCUT2D eigenvalue weighted by Crippen LogP contribution is 2.47. The van der Waals surface area contributed by atoms with Crippen molar-refractivity contribution in [2.75, 3.05) is 13.2 Å². The lowest BCUT2D eigenvalue weighted by atomic mass is 9.84. The molecular weight excluding hydrogens is 192 g/mol. The van der Waals surface area contributed by atoms with E-state index in [1.807, 2.05) is 0 Å². The van der Waals surface area contributed by atoms with Gasteiger partial charge in [-0.3, -0.25) is 4.79 Å². The Labute approximate surface area is 90.2 Å². The van der Waals surface area contributed by atoms with Crippen molar-refractivity contribution in [3.05, 3.63) is 0 Å².